The molecule has 0 atom stereocenters. The van der Waals surface area contributed by atoms with Crippen molar-refractivity contribution in [3.05, 3.63) is 24.0 Å². The number of primary amides is 1. The van der Waals surface area contributed by atoms with Crippen LogP contribution in [-0.4, -0.2) is 59.4 Å². The van der Waals surface area contributed by atoms with Crippen LogP contribution in [-0.2, 0) is 4.79 Å². The average Bonchev–Trinajstić information content (AvgIpc) is 2.47. The molecule has 7 heteroatoms. The van der Waals surface area contributed by atoms with Crippen molar-refractivity contribution in [2.45, 2.75) is 0 Å². The van der Waals surface area contributed by atoms with E-state index < -0.39 is 5.91 Å². The molecule has 3 rings (SSSR count). The number of aromatic nitrogens is 1. The molecule has 0 unspecified atom stereocenters. The van der Waals surface area contributed by atoms with Crippen LogP contribution in [0.4, 0.5) is 5.69 Å². The van der Waals surface area contributed by atoms with Crippen LogP contribution in [0.1, 0.15) is 10.5 Å². The fraction of sp³-hybridized carbons (Fsp3) is 0.500. The van der Waals surface area contributed by atoms with E-state index in [1.54, 1.807) is 12.3 Å². The van der Waals surface area contributed by atoms with Crippen LogP contribution < -0.4 is 10.6 Å². The number of thioether (sulfide) groups is 1. The van der Waals surface area contributed by atoms with Gasteiger partial charge in [-0.3, -0.25) is 14.6 Å². The largest absolute Gasteiger partial charge is 0.370 e. The van der Waals surface area contributed by atoms with Crippen LogP contribution in [0.3, 0.4) is 0 Å². The third-order valence-electron chi connectivity index (χ3n) is 3.91. The first-order chi connectivity index (χ1) is 10.1. The minimum atomic E-state index is -0.532. The minimum Gasteiger partial charge on any atom is -0.370 e. The van der Waals surface area contributed by atoms with Gasteiger partial charge >= 0.3 is 0 Å². The first-order valence-corrected chi connectivity index (χ1v) is 8.18. The van der Waals surface area contributed by atoms with Gasteiger partial charge in [0.1, 0.15) is 5.69 Å². The number of hydrogen-bond donors (Lipinski definition) is 1. The lowest BCUT2D eigenvalue weighted by atomic mass is 9.97. The highest BCUT2D eigenvalue weighted by Gasteiger charge is 2.36. The summed E-state index contributed by atoms with van der Waals surface area (Å²) in [5.74, 6) is 1.87. The van der Waals surface area contributed by atoms with Crippen LogP contribution in [0.2, 0.25) is 0 Å². The lowest BCUT2D eigenvalue weighted by Crippen LogP contribution is -2.55. The topological polar surface area (TPSA) is 79.5 Å². The average molecular weight is 306 g/mol. The van der Waals surface area contributed by atoms with Crippen molar-refractivity contribution in [2.24, 2.45) is 11.7 Å². The van der Waals surface area contributed by atoms with E-state index in [0.717, 1.165) is 30.3 Å². The summed E-state index contributed by atoms with van der Waals surface area (Å²) in [6.45, 7) is 3.12. The van der Waals surface area contributed by atoms with Gasteiger partial charge < -0.3 is 15.5 Å². The Labute approximate surface area is 127 Å². The molecule has 0 saturated carbocycles. The van der Waals surface area contributed by atoms with Crippen LogP contribution in [0.25, 0.3) is 0 Å². The maximum atomic E-state index is 12.3. The Morgan fingerprint density at radius 3 is 2.67 bits per heavy atom. The van der Waals surface area contributed by atoms with Gasteiger partial charge in [-0.15, -0.1) is 0 Å². The molecule has 0 radical (unpaired) electrons. The molecule has 2 N–H and O–H groups in total. The Kier molecular flexibility index (Phi) is 4.01. The van der Waals surface area contributed by atoms with Crippen molar-refractivity contribution >= 4 is 29.3 Å². The maximum Gasteiger partial charge on any atom is 0.267 e. The van der Waals surface area contributed by atoms with E-state index in [4.69, 9.17) is 5.73 Å². The molecule has 2 fully saturated rings. The standard InChI is InChI=1S/C14H18N4O2S/c15-13(19)12-7-11(1-2-16-12)18-8-10(9-18)14(20)17-3-5-21-6-4-17/h1-2,7,10H,3-6,8-9H2,(H2,15,19). The van der Waals surface area contributed by atoms with Gasteiger partial charge in [0.05, 0.1) is 5.92 Å². The zero-order chi connectivity index (χ0) is 14.8. The molecule has 21 heavy (non-hydrogen) atoms. The lowest BCUT2D eigenvalue weighted by molar-refractivity contribution is -0.135. The van der Waals surface area contributed by atoms with Gasteiger partial charge in [0, 0.05) is 49.6 Å². The number of nitrogens with zero attached hydrogens (tertiary/aromatic N) is 3. The first kappa shape index (κ1) is 14.2. The van der Waals surface area contributed by atoms with E-state index in [1.165, 1.54) is 0 Å². The van der Waals surface area contributed by atoms with Crippen molar-refractivity contribution in [3.63, 3.8) is 0 Å². The van der Waals surface area contributed by atoms with Gasteiger partial charge in [-0.25, -0.2) is 0 Å². The smallest absolute Gasteiger partial charge is 0.267 e. The van der Waals surface area contributed by atoms with Crippen LogP contribution in [0, 0.1) is 5.92 Å². The number of hydrogen-bond acceptors (Lipinski definition) is 5. The second-order valence-corrected chi connectivity index (χ2v) is 6.53. The van der Waals surface area contributed by atoms with Crippen molar-refractivity contribution in [2.75, 3.05) is 42.6 Å². The van der Waals surface area contributed by atoms with Gasteiger partial charge in [0.25, 0.3) is 5.91 Å². The van der Waals surface area contributed by atoms with E-state index in [9.17, 15) is 9.59 Å². The third kappa shape index (κ3) is 2.97. The number of pyridine rings is 1. The monoisotopic (exact) mass is 306 g/mol. The van der Waals surface area contributed by atoms with Gasteiger partial charge in [-0.2, -0.15) is 11.8 Å². The molecule has 0 spiro atoms. The zero-order valence-corrected chi connectivity index (χ0v) is 12.5. The van der Waals surface area contributed by atoms with Crippen molar-refractivity contribution < 1.29 is 9.59 Å². The molecule has 0 aliphatic carbocycles. The number of rotatable bonds is 3. The van der Waals surface area contributed by atoms with Crippen molar-refractivity contribution in [1.82, 2.24) is 9.88 Å². The van der Waals surface area contributed by atoms with Gasteiger partial charge in [0.2, 0.25) is 5.91 Å². The van der Waals surface area contributed by atoms with E-state index in [1.807, 2.05) is 22.7 Å². The Morgan fingerprint density at radius 2 is 2.00 bits per heavy atom. The fourth-order valence-electron chi connectivity index (χ4n) is 2.64. The molecule has 1 aromatic rings. The molecule has 3 heterocycles. The normalized spacial score (nSPS) is 19.2. The van der Waals surface area contributed by atoms with Gasteiger partial charge in [0.15, 0.2) is 0 Å². The molecule has 2 aliphatic heterocycles. The predicted molar refractivity (Wildman–Crippen MR) is 82.4 cm³/mol. The molecule has 2 aliphatic rings. The second-order valence-electron chi connectivity index (χ2n) is 5.30. The predicted octanol–water partition coefficient (Wildman–Crippen LogP) is 0.192. The first-order valence-electron chi connectivity index (χ1n) is 7.02. The van der Waals surface area contributed by atoms with Crippen LogP contribution in [0.15, 0.2) is 18.3 Å². The molecular formula is C14H18N4O2S. The molecule has 1 aromatic heterocycles. The summed E-state index contributed by atoms with van der Waals surface area (Å²) in [5.41, 5.74) is 6.39. The molecule has 0 bridgehead atoms. The quantitative estimate of drug-likeness (QED) is 0.862. The summed E-state index contributed by atoms with van der Waals surface area (Å²) < 4.78 is 0. The molecule has 0 aromatic carbocycles. The second kappa shape index (κ2) is 5.93. The van der Waals surface area contributed by atoms with Crippen molar-refractivity contribution in [1.29, 1.82) is 0 Å². The van der Waals surface area contributed by atoms with Gasteiger partial charge in [-0.1, -0.05) is 0 Å². The summed E-state index contributed by atoms with van der Waals surface area (Å²) in [6, 6.07) is 3.52. The zero-order valence-electron chi connectivity index (χ0n) is 11.7. The summed E-state index contributed by atoms with van der Waals surface area (Å²) >= 11 is 1.90. The number of nitrogens with two attached hydrogens (primary N) is 1. The highest BCUT2D eigenvalue weighted by Crippen LogP contribution is 2.26. The summed E-state index contributed by atoms with van der Waals surface area (Å²) in [4.78, 5) is 31.5. The van der Waals surface area contributed by atoms with Crippen molar-refractivity contribution in [3.8, 4) is 0 Å². The minimum absolute atomic E-state index is 0.0679. The number of anilines is 1. The third-order valence-corrected chi connectivity index (χ3v) is 4.86. The summed E-state index contributed by atoms with van der Waals surface area (Å²) in [5, 5.41) is 0. The molecule has 2 saturated heterocycles. The van der Waals surface area contributed by atoms with E-state index >= 15 is 0 Å². The molecular weight excluding hydrogens is 288 g/mol. The lowest BCUT2D eigenvalue weighted by Gasteiger charge is -2.42. The highest BCUT2D eigenvalue weighted by molar-refractivity contribution is 7.99. The van der Waals surface area contributed by atoms with Crippen LogP contribution in [0.5, 0.6) is 0 Å². The summed E-state index contributed by atoms with van der Waals surface area (Å²) in [7, 11) is 0. The Balaban J connectivity index is 1.59. The Hall–Kier alpha value is -1.76. The Morgan fingerprint density at radius 1 is 1.29 bits per heavy atom. The maximum absolute atomic E-state index is 12.3. The summed E-state index contributed by atoms with van der Waals surface area (Å²) in [6.07, 6.45) is 1.58. The number of carbonyl (C=O) groups excluding carboxylic acids is 2. The molecule has 6 nitrogen and oxygen atoms in total. The molecule has 112 valence electrons. The highest BCUT2D eigenvalue weighted by atomic mass is 32.2. The fourth-order valence-corrected chi connectivity index (χ4v) is 3.54. The SMILES string of the molecule is NC(=O)c1cc(N2CC(C(=O)N3CCSCC3)C2)ccn1. The van der Waals surface area contributed by atoms with E-state index in [2.05, 4.69) is 9.88 Å². The van der Waals surface area contributed by atoms with Gasteiger partial charge in [-0.05, 0) is 12.1 Å². The number of carbonyl (C=O) groups is 2. The van der Waals surface area contributed by atoms with Crippen LogP contribution >= 0.6 is 11.8 Å². The molecule has 2 amide bonds. The van der Waals surface area contributed by atoms with E-state index in [-0.39, 0.29) is 17.5 Å². The Bertz CT molecular complexity index is 554. The number of amides is 2. The van der Waals surface area contributed by atoms with E-state index in [0.29, 0.717) is 13.1 Å².